The Kier molecular flexibility index (Phi) is 20.9. The maximum Gasteiger partial charge on any atom is 0.377 e. The van der Waals surface area contributed by atoms with Crippen molar-refractivity contribution in [2.24, 2.45) is 11.5 Å². The quantitative estimate of drug-likeness (QED) is 0.0215. The minimum Gasteiger partial charge on any atom is -0.507 e. The minimum atomic E-state index is -1.24. The first-order valence-corrected chi connectivity index (χ1v) is 22.8. The number of aliphatic hydroxyl groups is 1. The van der Waals surface area contributed by atoms with E-state index in [-0.39, 0.29) is 70.2 Å². The Morgan fingerprint density at radius 3 is 1.47 bits per heavy atom. The molecule has 0 aliphatic rings. The van der Waals surface area contributed by atoms with Crippen LogP contribution in [0.4, 0.5) is 0 Å². The van der Waals surface area contributed by atoms with E-state index < -0.39 is 89.6 Å². The molecule has 1 aromatic heterocycles. The highest BCUT2D eigenvalue weighted by Gasteiger charge is 2.33. The van der Waals surface area contributed by atoms with E-state index in [1.807, 2.05) is 33.8 Å². The fourth-order valence-corrected chi connectivity index (χ4v) is 6.95. The molecule has 0 spiro atoms. The molecule has 0 saturated carbocycles. The first kappa shape index (κ1) is 56.2. The van der Waals surface area contributed by atoms with Crippen molar-refractivity contribution >= 4 is 57.3 Å². The zero-order chi connectivity index (χ0) is 51.1. The third-order valence-corrected chi connectivity index (χ3v) is 10.2. The summed E-state index contributed by atoms with van der Waals surface area (Å²) in [6.07, 6.45) is 5.89. The number of aromatic hydroxyl groups is 1. The van der Waals surface area contributed by atoms with Gasteiger partial charge in [-0.1, -0.05) is 23.3 Å². The molecular weight excluding hydrogens is 881 g/mol. The number of unbranched alkanes of at least 4 members (excludes halogenated alkanes) is 2. The van der Waals surface area contributed by atoms with Crippen LogP contribution in [0, 0.1) is 0 Å². The zero-order valence-corrected chi connectivity index (χ0v) is 41.1. The predicted molar refractivity (Wildman–Crippen MR) is 256 cm³/mol. The van der Waals surface area contributed by atoms with Crippen LogP contribution >= 0.6 is 0 Å². The summed E-state index contributed by atoms with van der Waals surface area (Å²) in [6, 6.07) is 0.192. The maximum atomic E-state index is 14.7. The topological polar surface area (TPSA) is 286 Å². The van der Waals surface area contributed by atoms with Gasteiger partial charge in [0.1, 0.15) is 45.0 Å². The summed E-state index contributed by atoms with van der Waals surface area (Å²) in [6.45, 7) is 15.7. The molecule has 0 saturated heterocycles. The first-order valence-electron chi connectivity index (χ1n) is 22.8. The van der Waals surface area contributed by atoms with E-state index in [1.165, 1.54) is 12.1 Å². The number of ketones is 2. The maximum absolute atomic E-state index is 14.7. The lowest BCUT2D eigenvalue weighted by molar-refractivity contribution is -0.163. The van der Waals surface area contributed by atoms with E-state index in [0.717, 1.165) is 11.1 Å². The lowest BCUT2D eigenvalue weighted by Gasteiger charge is -2.22. The van der Waals surface area contributed by atoms with Crippen molar-refractivity contribution in [3.05, 3.63) is 62.3 Å². The summed E-state index contributed by atoms with van der Waals surface area (Å²) >= 11 is 0. The van der Waals surface area contributed by atoms with Gasteiger partial charge in [0, 0.05) is 23.3 Å². The van der Waals surface area contributed by atoms with Gasteiger partial charge in [-0.3, -0.25) is 24.0 Å². The summed E-state index contributed by atoms with van der Waals surface area (Å²) < 4.78 is 28.7. The summed E-state index contributed by atoms with van der Waals surface area (Å²) in [5.74, 6) is -6.20. The van der Waals surface area contributed by atoms with Crippen LogP contribution in [0.15, 0.2) is 44.6 Å². The molecule has 2 aromatic carbocycles. The Bertz CT molecular complexity index is 2450. The number of phenols is 1. The molecule has 0 bridgehead atoms. The average Bonchev–Trinajstić information content (AvgIpc) is 3.23. The second-order valence-electron chi connectivity index (χ2n) is 19.0. The molecule has 2 amide bonds. The predicted octanol–water partition coefficient (Wildman–Crippen LogP) is 4.97. The van der Waals surface area contributed by atoms with Crippen LogP contribution in [-0.2, 0) is 57.7 Å². The van der Waals surface area contributed by atoms with E-state index in [2.05, 4.69) is 10.6 Å². The third kappa shape index (κ3) is 16.6. The zero-order valence-electron chi connectivity index (χ0n) is 41.1. The number of hydrogen-bond donors (Lipinski definition) is 6. The van der Waals surface area contributed by atoms with Crippen LogP contribution in [0.5, 0.6) is 17.2 Å². The van der Waals surface area contributed by atoms with Crippen LogP contribution in [0.25, 0.3) is 21.9 Å². The molecule has 3 aromatic rings. The van der Waals surface area contributed by atoms with E-state index in [0.29, 0.717) is 44.3 Å². The molecule has 0 aliphatic heterocycles. The van der Waals surface area contributed by atoms with Gasteiger partial charge in [-0.2, -0.15) is 0 Å². The van der Waals surface area contributed by atoms with E-state index in [4.69, 9.17) is 34.8 Å². The number of aliphatic hydroxyl groups excluding tert-OH is 1. The summed E-state index contributed by atoms with van der Waals surface area (Å²) in [5, 5.41) is 27.6. The van der Waals surface area contributed by atoms with Gasteiger partial charge in [0.25, 0.3) is 23.4 Å². The van der Waals surface area contributed by atoms with Crippen molar-refractivity contribution in [3.8, 4) is 17.2 Å². The van der Waals surface area contributed by atoms with Crippen molar-refractivity contribution in [1.29, 1.82) is 0 Å². The molecule has 3 rings (SSSR count). The molecular formula is C50H70N4O14. The average molecular weight is 951 g/mol. The summed E-state index contributed by atoms with van der Waals surface area (Å²) in [7, 11) is 0. The number of ether oxygens (including phenoxy) is 4. The first-order chi connectivity index (χ1) is 31.8. The molecule has 8 N–H and O–H groups in total. The fourth-order valence-electron chi connectivity index (χ4n) is 6.95. The largest absolute Gasteiger partial charge is 0.507 e. The van der Waals surface area contributed by atoms with Gasteiger partial charge >= 0.3 is 11.9 Å². The van der Waals surface area contributed by atoms with Crippen molar-refractivity contribution in [2.45, 2.75) is 150 Å². The Balaban J connectivity index is 2.13. The monoisotopic (exact) mass is 950 g/mol. The van der Waals surface area contributed by atoms with Gasteiger partial charge in [-0.25, -0.2) is 9.59 Å². The Morgan fingerprint density at radius 1 is 0.662 bits per heavy atom. The molecule has 18 nitrogen and oxygen atoms in total. The normalized spacial score (nSPS) is 12.4. The number of carbonyl (C=O) groups is 6. The highest BCUT2D eigenvalue weighted by atomic mass is 16.6. The number of rotatable bonds is 25. The lowest BCUT2D eigenvalue weighted by atomic mass is 9.95. The van der Waals surface area contributed by atoms with Crippen LogP contribution in [0.1, 0.15) is 124 Å². The number of allylic oxidation sites excluding steroid dienone is 4. The van der Waals surface area contributed by atoms with Gasteiger partial charge in [0.2, 0.25) is 5.43 Å². The molecule has 0 aliphatic carbocycles. The number of nitrogens with one attached hydrogen (secondary N) is 2. The highest BCUT2D eigenvalue weighted by molar-refractivity contribution is 6.36. The van der Waals surface area contributed by atoms with Crippen LogP contribution in [0.2, 0.25) is 0 Å². The lowest BCUT2D eigenvalue weighted by Crippen LogP contribution is -2.47. The molecule has 0 radical (unpaired) electrons. The number of nitrogens with two attached hydrogens (primary N) is 2. The molecule has 0 unspecified atom stereocenters. The Morgan fingerprint density at radius 2 is 1.07 bits per heavy atom. The molecule has 1 heterocycles. The van der Waals surface area contributed by atoms with Gasteiger partial charge in [-0.05, 0) is 139 Å². The van der Waals surface area contributed by atoms with E-state index in [9.17, 15) is 43.8 Å². The minimum absolute atomic E-state index is 0.0191. The molecule has 374 valence electrons. The van der Waals surface area contributed by atoms with Gasteiger partial charge < -0.3 is 55.7 Å². The van der Waals surface area contributed by atoms with Crippen molar-refractivity contribution in [1.82, 2.24) is 10.6 Å². The SMILES string of the molecule is CC(C)=CCc1c(OCC(=O)N[C@@H](CCCCN)C(=O)C(=O)OC(C)(C)C)cc2oc3cc(OCC(=O)N[C@@H](CCCCN)C(=O)C(=O)OC(C)(C)C)c(CO)c(CC=C(C)C)c3c(=O)c2c1O. The van der Waals surface area contributed by atoms with E-state index in [1.54, 1.807) is 47.6 Å². The number of amides is 2. The van der Waals surface area contributed by atoms with Gasteiger partial charge in [-0.15, -0.1) is 0 Å². The van der Waals surface area contributed by atoms with Crippen molar-refractivity contribution in [3.63, 3.8) is 0 Å². The van der Waals surface area contributed by atoms with Crippen LogP contribution in [-0.4, -0.2) is 95.1 Å². The number of Topliss-reactive ketones (excluding diaryl/α,β-unsaturated/α-hetero) is 2. The Hall–Kier alpha value is -6.11. The van der Waals surface area contributed by atoms with Gasteiger partial charge in [0.05, 0.1) is 24.1 Å². The molecule has 2 atom stereocenters. The smallest absolute Gasteiger partial charge is 0.377 e. The summed E-state index contributed by atoms with van der Waals surface area (Å²) in [5.41, 5.74) is 10.9. The van der Waals surface area contributed by atoms with Crippen molar-refractivity contribution < 1.29 is 62.3 Å². The van der Waals surface area contributed by atoms with Crippen LogP contribution in [0.3, 0.4) is 0 Å². The number of phenolic OH excluding ortho intramolecular Hbond substituents is 1. The van der Waals surface area contributed by atoms with E-state index >= 15 is 0 Å². The molecule has 68 heavy (non-hydrogen) atoms. The van der Waals surface area contributed by atoms with Gasteiger partial charge in [0.15, 0.2) is 13.2 Å². The number of carbonyl (C=O) groups excluding carboxylic acids is 6. The second kappa shape index (κ2) is 25.3. The standard InChI is InChI=1S/C50H70N4O14/c1-28(2)17-19-30-32(25-55)36(65-27-40(57)54-34(16-12-14-22-52)45(60)48(63)68-50(8,9)10)24-37-41(30)46(61)42-38(66-37)23-35(31(43(42)58)20-18-29(3)4)64-26-39(56)53-33(15-11-13-21-51)44(59)47(62)67-49(5,6)7/h17-18,23-24,33-34,55,58H,11-16,19-22,25-27,51-52H2,1-10H3,(H,53,56)(H,54,57)/t33-,34-/m0/s1. The van der Waals surface area contributed by atoms with Crippen molar-refractivity contribution in [2.75, 3.05) is 26.3 Å². The third-order valence-electron chi connectivity index (χ3n) is 10.2. The summed E-state index contributed by atoms with van der Waals surface area (Å²) in [4.78, 5) is 93.1. The number of benzene rings is 2. The molecule has 18 heteroatoms. The molecule has 0 fully saturated rings. The number of fused-ring (bicyclic) bond motifs is 2. The highest BCUT2D eigenvalue weighted by Crippen LogP contribution is 2.39. The second-order valence-corrected chi connectivity index (χ2v) is 19.0. The van der Waals surface area contributed by atoms with Crippen LogP contribution < -0.4 is 37.0 Å². The Labute approximate surface area is 397 Å². The fraction of sp³-hybridized carbons (Fsp3) is 0.540. The number of esters is 2. The number of hydrogen-bond acceptors (Lipinski definition) is 16.